The quantitative estimate of drug-likeness (QED) is 0.155. The van der Waals surface area contributed by atoms with Crippen molar-refractivity contribution in [3.05, 3.63) is 124 Å². The third-order valence-corrected chi connectivity index (χ3v) is 11.8. The van der Waals surface area contributed by atoms with Crippen molar-refractivity contribution < 1.29 is 28.9 Å². The van der Waals surface area contributed by atoms with Crippen LogP contribution < -0.4 is 9.64 Å². The molecule has 3 aliphatic rings. The average molecular weight is 717 g/mol. The van der Waals surface area contributed by atoms with E-state index in [2.05, 4.69) is 84.3 Å². The second-order valence-corrected chi connectivity index (χ2v) is 15.3. The fraction of sp³-hybridized carbons (Fsp3) is 0.422. The third kappa shape index (κ3) is 7.93. The zero-order chi connectivity index (χ0) is 37.1. The number of fused-ring (bicyclic) bond motifs is 1. The Bertz CT molecular complexity index is 1880. The first-order valence-corrected chi connectivity index (χ1v) is 19.2. The first-order chi connectivity index (χ1) is 25.7. The highest BCUT2D eigenvalue weighted by Gasteiger charge is 2.38. The maximum atomic E-state index is 12.4. The van der Waals surface area contributed by atoms with Crippen LogP contribution in [0, 0.1) is 5.92 Å². The van der Waals surface area contributed by atoms with Crippen LogP contribution in [0.4, 0.5) is 5.69 Å². The van der Waals surface area contributed by atoms with Crippen molar-refractivity contribution in [3.63, 3.8) is 0 Å². The van der Waals surface area contributed by atoms with Gasteiger partial charge in [-0.1, -0.05) is 48.5 Å². The molecule has 4 aromatic rings. The van der Waals surface area contributed by atoms with E-state index in [1.165, 1.54) is 42.2 Å². The number of rotatable bonds is 11. The molecule has 1 saturated heterocycles. The third-order valence-electron chi connectivity index (χ3n) is 11.8. The van der Waals surface area contributed by atoms with E-state index < -0.39 is 11.9 Å². The number of ether oxygens (including phenoxy) is 3. The highest BCUT2D eigenvalue weighted by Crippen LogP contribution is 2.47. The molecule has 4 aromatic carbocycles. The van der Waals surface area contributed by atoms with Gasteiger partial charge in [0, 0.05) is 56.2 Å². The second-order valence-electron chi connectivity index (χ2n) is 15.3. The van der Waals surface area contributed by atoms with Crippen LogP contribution in [-0.2, 0) is 15.9 Å². The van der Waals surface area contributed by atoms with Gasteiger partial charge in [0.05, 0.1) is 25.3 Å². The van der Waals surface area contributed by atoms with Crippen LogP contribution >= 0.6 is 0 Å². The summed E-state index contributed by atoms with van der Waals surface area (Å²) in [5, 5.41) is 10.2. The van der Waals surface area contributed by atoms with E-state index in [1.807, 2.05) is 12.1 Å². The van der Waals surface area contributed by atoms with Crippen LogP contribution in [0.1, 0.15) is 101 Å². The zero-order valence-corrected chi connectivity index (χ0v) is 31.4. The minimum Gasteiger partial charge on any atom is -0.508 e. The molecule has 53 heavy (non-hydrogen) atoms. The largest absolute Gasteiger partial charge is 0.508 e. The Labute approximate surface area is 313 Å². The number of hydrogen-bond acceptors (Lipinski definition) is 8. The molecule has 2 atom stereocenters. The van der Waals surface area contributed by atoms with Gasteiger partial charge < -0.3 is 24.2 Å². The number of carbonyl (C=O) groups excluding carboxylic acids is 2. The fourth-order valence-corrected chi connectivity index (χ4v) is 8.88. The molecule has 8 heteroatoms. The summed E-state index contributed by atoms with van der Waals surface area (Å²) < 4.78 is 16.0. The molecule has 2 aliphatic carbocycles. The van der Waals surface area contributed by atoms with Gasteiger partial charge in [-0.2, -0.15) is 0 Å². The molecular formula is C45H52N2O6. The molecule has 8 nitrogen and oxygen atoms in total. The van der Waals surface area contributed by atoms with Gasteiger partial charge in [0.15, 0.2) is 0 Å². The van der Waals surface area contributed by atoms with E-state index in [9.17, 15) is 14.7 Å². The van der Waals surface area contributed by atoms with E-state index in [-0.39, 0.29) is 23.1 Å². The number of esters is 2. The Balaban J connectivity index is 0.948. The van der Waals surface area contributed by atoms with Crippen LogP contribution in [0.25, 0.3) is 0 Å². The Morgan fingerprint density at radius 2 is 1.51 bits per heavy atom. The predicted molar refractivity (Wildman–Crippen MR) is 207 cm³/mol. The summed E-state index contributed by atoms with van der Waals surface area (Å²) in [6.07, 6.45) is 6.26. The van der Waals surface area contributed by atoms with Gasteiger partial charge in [-0.3, -0.25) is 4.90 Å². The van der Waals surface area contributed by atoms with E-state index in [1.54, 1.807) is 18.2 Å². The van der Waals surface area contributed by atoms with Gasteiger partial charge in [-0.05, 0) is 116 Å². The van der Waals surface area contributed by atoms with Crippen molar-refractivity contribution in [3.8, 4) is 11.5 Å². The predicted octanol–water partition coefficient (Wildman–Crippen LogP) is 8.36. The van der Waals surface area contributed by atoms with E-state index in [4.69, 9.17) is 14.2 Å². The number of carbonyl (C=O) groups is 2. The summed E-state index contributed by atoms with van der Waals surface area (Å²) in [6.45, 7) is 7.76. The van der Waals surface area contributed by atoms with E-state index >= 15 is 0 Å². The lowest BCUT2D eigenvalue weighted by molar-refractivity contribution is -0.00664. The highest BCUT2D eigenvalue weighted by molar-refractivity contribution is 6.03. The molecule has 0 bridgehead atoms. The van der Waals surface area contributed by atoms with Gasteiger partial charge in [0.2, 0.25) is 0 Å². The number of phenolic OH excluding ortho intramolecular Hbond substituents is 1. The highest BCUT2D eigenvalue weighted by atomic mass is 16.5. The molecule has 0 unspecified atom stereocenters. The number of phenols is 1. The number of benzene rings is 4. The van der Waals surface area contributed by atoms with Crippen molar-refractivity contribution in [2.75, 3.05) is 38.8 Å². The number of aromatic hydroxyl groups is 1. The summed E-state index contributed by atoms with van der Waals surface area (Å²) in [7, 11) is 2.58. The van der Waals surface area contributed by atoms with Gasteiger partial charge >= 0.3 is 11.9 Å². The standard InChI is InChI=1S/C45H52N2O6/c1-29(2)47(35-25-38(26-35)53-37-16-19-41(44(49)51-3)42(27-37)45(50)52-4)28-30-20-22-46(23-21-30)34-13-10-32(11-14-34)43-39(31-8-6-5-7-9-31)17-12-33-24-36(48)15-18-40(33)43/h5-11,13-16,18-19,24,27,29-30,35,38-39,43,48H,12,17,20-23,25-26,28H2,1-4H3/t35?,38?,39-,43+/m1/s1. The molecule has 0 aromatic heterocycles. The van der Waals surface area contributed by atoms with Crippen LogP contribution in [-0.4, -0.2) is 74.0 Å². The summed E-state index contributed by atoms with van der Waals surface area (Å²) in [5.74, 6) is 1.01. The maximum absolute atomic E-state index is 12.4. The van der Waals surface area contributed by atoms with Crippen molar-refractivity contribution in [1.82, 2.24) is 4.90 Å². The second kappa shape index (κ2) is 16.0. The van der Waals surface area contributed by atoms with Crippen LogP contribution in [0.3, 0.4) is 0 Å². The summed E-state index contributed by atoms with van der Waals surface area (Å²) in [5.41, 5.74) is 6.90. The number of aryl methyl sites for hydroxylation is 1. The minimum absolute atomic E-state index is 0.0535. The molecule has 0 spiro atoms. The lowest BCUT2D eigenvalue weighted by Gasteiger charge is -2.46. The lowest BCUT2D eigenvalue weighted by atomic mass is 9.69. The Morgan fingerprint density at radius 1 is 0.811 bits per heavy atom. The molecule has 1 saturated carbocycles. The molecule has 0 radical (unpaired) electrons. The first-order valence-electron chi connectivity index (χ1n) is 19.2. The van der Waals surface area contributed by atoms with Crippen LogP contribution in [0.15, 0.2) is 91.0 Å². The van der Waals surface area contributed by atoms with E-state index in [0.29, 0.717) is 35.4 Å². The normalized spacial score (nSPS) is 21.5. The monoisotopic (exact) mass is 716 g/mol. The number of hydrogen-bond donors (Lipinski definition) is 1. The molecule has 0 amide bonds. The van der Waals surface area contributed by atoms with Crippen LogP contribution in [0.2, 0.25) is 0 Å². The van der Waals surface area contributed by atoms with Crippen molar-refractivity contribution in [2.24, 2.45) is 5.92 Å². The molecule has 1 N–H and O–H groups in total. The summed E-state index contributed by atoms with van der Waals surface area (Å²) in [6, 6.07) is 31.9. The first kappa shape index (κ1) is 36.5. The smallest absolute Gasteiger partial charge is 0.338 e. The molecule has 7 rings (SSSR count). The lowest BCUT2D eigenvalue weighted by Crippen LogP contribution is -2.53. The molecule has 1 heterocycles. The number of anilines is 1. The SMILES string of the molecule is COC(=O)c1ccc(OC2CC(N(CC3CCN(c4ccc([C@@H]5c6ccc(O)cc6CC[C@@H]5c5ccccc5)cc4)CC3)C(C)C)C2)cc1C(=O)OC. The molecular weight excluding hydrogens is 665 g/mol. The van der Waals surface area contributed by atoms with E-state index in [0.717, 1.165) is 58.2 Å². The van der Waals surface area contributed by atoms with Gasteiger partial charge in [0.1, 0.15) is 17.6 Å². The van der Waals surface area contributed by atoms with Gasteiger partial charge in [-0.25, -0.2) is 9.59 Å². The topological polar surface area (TPSA) is 88.5 Å². The zero-order valence-electron chi connectivity index (χ0n) is 31.4. The van der Waals surface area contributed by atoms with Crippen molar-refractivity contribution in [1.29, 1.82) is 0 Å². The number of piperidine rings is 1. The fourth-order valence-electron chi connectivity index (χ4n) is 8.88. The Morgan fingerprint density at radius 3 is 2.19 bits per heavy atom. The number of nitrogens with zero attached hydrogens (tertiary/aromatic N) is 2. The van der Waals surface area contributed by atoms with Gasteiger partial charge in [0.25, 0.3) is 0 Å². The molecule has 278 valence electrons. The van der Waals surface area contributed by atoms with Gasteiger partial charge in [-0.15, -0.1) is 0 Å². The Kier molecular flexibility index (Phi) is 11.1. The summed E-state index contributed by atoms with van der Waals surface area (Å²) in [4.78, 5) is 29.7. The maximum Gasteiger partial charge on any atom is 0.338 e. The summed E-state index contributed by atoms with van der Waals surface area (Å²) >= 11 is 0. The molecule has 2 fully saturated rings. The minimum atomic E-state index is -0.596. The van der Waals surface area contributed by atoms with Crippen LogP contribution in [0.5, 0.6) is 11.5 Å². The van der Waals surface area contributed by atoms with Crippen molar-refractivity contribution in [2.45, 2.75) is 82.4 Å². The van der Waals surface area contributed by atoms with Crippen molar-refractivity contribution >= 4 is 17.6 Å². The molecule has 1 aliphatic heterocycles. The Hall–Kier alpha value is -4.82. The average Bonchev–Trinajstić information content (AvgIpc) is 3.17. The number of methoxy groups -OCH3 is 2.